The van der Waals surface area contributed by atoms with Gasteiger partial charge in [-0.05, 0) is 55.7 Å². The first-order chi connectivity index (χ1) is 10.1. The first-order valence-electron chi connectivity index (χ1n) is 8.19. The van der Waals surface area contributed by atoms with Gasteiger partial charge in [0.1, 0.15) is 5.75 Å². The van der Waals surface area contributed by atoms with E-state index in [4.69, 9.17) is 0 Å². The summed E-state index contributed by atoms with van der Waals surface area (Å²) in [5.74, 6) is 0.0936. The quantitative estimate of drug-likeness (QED) is 0.851. The van der Waals surface area contributed by atoms with Gasteiger partial charge in [0.25, 0.3) is 5.91 Å². The number of rotatable bonds is 1. The third kappa shape index (κ3) is 2.92. The number of benzene rings is 1. The highest BCUT2D eigenvalue weighted by atomic mass is 16.3. The van der Waals surface area contributed by atoms with E-state index in [1.165, 1.54) is 32.1 Å². The van der Waals surface area contributed by atoms with Gasteiger partial charge in [0.05, 0.1) is 5.56 Å². The molecule has 1 aromatic rings. The predicted molar refractivity (Wildman–Crippen MR) is 83.5 cm³/mol. The molecule has 0 radical (unpaired) electrons. The van der Waals surface area contributed by atoms with Crippen LogP contribution in [0.3, 0.4) is 0 Å². The number of hydrogen-bond acceptors (Lipinski definition) is 2. The summed E-state index contributed by atoms with van der Waals surface area (Å²) in [4.78, 5) is 14.5. The second-order valence-corrected chi connectivity index (χ2v) is 6.87. The standard InChI is InChI=1S/C18H25NO2/c1-14-5-6-15(16(20)13-14)17(21)19-11-9-18(10-12-19)7-3-2-4-8-18/h5-6,13,20H,2-4,7-12H2,1H3. The molecule has 1 aliphatic heterocycles. The van der Waals surface area contributed by atoms with Gasteiger partial charge in [-0.3, -0.25) is 4.79 Å². The van der Waals surface area contributed by atoms with E-state index in [2.05, 4.69) is 0 Å². The Kier molecular flexibility index (Phi) is 3.92. The van der Waals surface area contributed by atoms with Crippen LogP contribution in [0.25, 0.3) is 0 Å². The van der Waals surface area contributed by atoms with Crippen molar-refractivity contribution in [2.45, 2.75) is 51.9 Å². The van der Waals surface area contributed by atoms with Crippen molar-refractivity contribution in [2.24, 2.45) is 5.41 Å². The van der Waals surface area contributed by atoms with Crippen molar-refractivity contribution in [3.8, 4) is 5.75 Å². The van der Waals surface area contributed by atoms with Gasteiger partial charge < -0.3 is 10.0 Å². The van der Waals surface area contributed by atoms with Crippen LogP contribution in [0.5, 0.6) is 5.75 Å². The molecule has 0 atom stereocenters. The summed E-state index contributed by atoms with van der Waals surface area (Å²) in [5.41, 5.74) is 1.92. The molecular weight excluding hydrogens is 262 g/mol. The molecular formula is C18H25NO2. The SMILES string of the molecule is Cc1ccc(C(=O)N2CCC3(CCCCC3)CC2)c(O)c1. The first-order valence-corrected chi connectivity index (χ1v) is 8.19. The van der Waals surface area contributed by atoms with Gasteiger partial charge in [0.15, 0.2) is 0 Å². The zero-order valence-corrected chi connectivity index (χ0v) is 12.9. The zero-order valence-electron chi connectivity index (χ0n) is 12.9. The first kappa shape index (κ1) is 14.4. The van der Waals surface area contributed by atoms with Crippen molar-refractivity contribution in [1.29, 1.82) is 0 Å². The van der Waals surface area contributed by atoms with E-state index < -0.39 is 0 Å². The monoisotopic (exact) mass is 287 g/mol. The number of aryl methyl sites for hydroxylation is 1. The number of nitrogens with zero attached hydrogens (tertiary/aromatic N) is 1. The van der Waals surface area contributed by atoms with Crippen LogP contribution in [-0.4, -0.2) is 29.0 Å². The Morgan fingerprint density at radius 1 is 1.10 bits per heavy atom. The van der Waals surface area contributed by atoms with Crippen LogP contribution in [0.4, 0.5) is 0 Å². The van der Waals surface area contributed by atoms with E-state index in [-0.39, 0.29) is 11.7 Å². The molecule has 0 unspecified atom stereocenters. The van der Waals surface area contributed by atoms with Gasteiger partial charge in [0.2, 0.25) is 0 Å². The second-order valence-electron chi connectivity index (χ2n) is 6.87. The molecule has 3 nitrogen and oxygen atoms in total. The van der Waals surface area contributed by atoms with Crippen LogP contribution >= 0.6 is 0 Å². The van der Waals surface area contributed by atoms with Gasteiger partial charge in [0, 0.05) is 13.1 Å². The van der Waals surface area contributed by atoms with Crippen molar-refractivity contribution in [2.75, 3.05) is 13.1 Å². The maximum Gasteiger partial charge on any atom is 0.257 e. The molecule has 1 spiro atoms. The van der Waals surface area contributed by atoms with Crippen LogP contribution in [0.2, 0.25) is 0 Å². The molecule has 3 heteroatoms. The predicted octanol–water partition coefficient (Wildman–Crippen LogP) is 3.89. The van der Waals surface area contributed by atoms with Gasteiger partial charge >= 0.3 is 0 Å². The summed E-state index contributed by atoms with van der Waals surface area (Å²) in [7, 11) is 0. The Bertz CT molecular complexity index is 522. The lowest BCUT2D eigenvalue weighted by molar-refractivity contribution is 0.0470. The minimum atomic E-state index is -0.0156. The summed E-state index contributed by atoms with van der Waals surface area (Å²) in [6.07, 6.45) is 9.02. The molecule has 1 N–H and O–H groups in total. The molecule has 1 aliphatic carbocycles. The maximum absolute atomic E-state index is 12.6. The summed E-state index contributed by atoms with van der Waals surface area (Å²) in [5, 5.41) is 9.99. The molecule has 114 valence electrons. The van der Waals surface area contributed by atoms with Gasteiger partial charge in [-0.15, -0.1) is 0 Å². The fourth-order valence-corrected chi connectivity index (χ4v) is 3.98. The van der Waals surface area contributed by atoms with E-state index in [9.17, 15) is 9.90 Å². The van der Waals surface area contributed by atoms with E-state index in [0.29, 0.717) is 11.0 Å². The van der Waals surface area contributed by atoms with Crippen molar-refractivity contribution in [3.63, 3.8) is 0 Å². The summed E-state index contributed by atoms with van der Waals surface area (Å²) >= 11 is 0. The Labute approximate surface area is 127 Å². The molecule has 1 heterocycles. The largest absolute Gasteiger partial charge is 0.507 e. The Morgan fingerprint density at radius 2 is 1.76 bits per heavy atom. The summed E-state index contributed by atoms with van der Waals surface area (Å²) < 4.78 is 0. The van der Waals surface area contributed by atoms with Gasteiger partial charge in [-0.25, -0.2) is 0 Å². The zero-order chi connectivity index (χ0) is 14.9. The maximum atomic E-state index is 12.6. The number of likely N-dealkylation sites (tertiary alicyclic amines) is 1. The minimum Gasteiger partial charge on any atom is -0.507 e. The van der Waals surface area contributed by atoms with E-state index in [0.717, 1.165) is 31.5 Å². The Morgan fingerprint density at radius 3 is 2.38 bits per heavy atom. The van der Waals surface area contributed by atoms with Crippen LogP contribution in [0, 0.1) is 12.3 Å². The van der Waals surface area contributed by atoms with E-state index >= 15 is 0 Å². The molecule has 1 saturated carbocycles. The highest BCUT2D eigenvalue weighted by Crippen LogP contribution is 2.44. The van der Waals surface area contributed by atoms with Crippen molar-refractivity contribution < 1.29 is 9.90 Å². The normalized spacial score (nSPS) is 21.5. The van der Waals surface area contributed by atoms with E-state index in [1.807, 2.05) is 17.9 Å². The number of amides is 1. The molecule has 2 fully saturated rings. The summed E-state index contributed by atoms with van der Waals surface area (Å²) in [6, 6.07) is 5.30. The molecule has 1 aromatic carbocycles. The van der Waals surface area contributed by atoms with Crippen LogP contribution in [-0.2, 0) is 0 Å². The second kappa shape index (κ2) is 5.70. The number of hydrogen-bond donors (Lipinski definition) is 1. The molecule has 2 aliphatic rings. The molecule has 21 heavy (non-hydrogen) atoms. The lowest BCUT2D eigenvalue weighted by Gasteiger charge is -2.44. The number of carbonyl (C=O) groups is 1. The molecule has 0 aromatic heterocycles. The number of phenolic OH excluding ortho intramolecular Hbond substituents is 1. The summed E-state index contributed by atoms with van der Waals surface area (Å²) in [6.45, 7) is 3.60. The average Bonchev–Trinajstić information content (AvgIpc) is 2.48. The van der Waals surface area contributed by atoms with Gasteiger partial charge in [-0.2, -0.15) is 0 Å². The Hall–Kier alpha value is -1.51. The minimum absolute atomic E-state index is 0.0156. The molecule has 1 saturated heterocycles. The number of aromatic hydroxyl groups is 1. The van der Waals surface area contributed by atoms with Crippen LogP contribution in [0.15, 0.2) is 18.2 Å². The van der Waals surface area contributed by atoms with Crippen molar-refractivity contribution in [3.05, 3.63) is 29.3 Å². The number of piperidine rings is 1. The number of carbonyl (C=O) groups excluding carboxylic acids is 1. The third-order valence-corrected chi connectivity index (χ3v) is 5.41. The smallest absolute Gasteiger partial charge is 0.257 e. The van der Waals surface area contributed by atoms with Crippen LogP contribution in [0.1, 0.15) is 60.9 Å². The molecule has 0 bridgehead atoms. The fourth-order valence-electron chi connectivity index (χ4n) is 3.98. The number of phenols is 1. The topological polar surface area (TPSA) is 40.5 Å². The Balaban J connectivity index is 1.67. The van der Waals surface area contributed by atoms with E-state index in [1.54, 1.807) is 12.1 Å². The molecule has 1 amide bonds. The highest BCUT2D eigenvalue weighted by molar-refractivity contribution is 5.97. The lowest BCUT2D eigenvalue weighted by atomic mass is 9.68. The highest BCUT2D eigenvalue weighted by Gasteiger charge is 2.37. The van der Waals surface area contributed by atoms with Crippen molar-refractivity contribution >= 4 is 5.91 Å². The van der Waals surface area contributed by atoms with Crippen molar-refractivity contribution in [1.82, 2.24) is 4.90 Å². The lowest BCUT2D eigenvalue weighted by Crippen LogP contribution is -2.43. The molecule has 3 rings (SSSR count). The van der Waals surface area contributed by atoms with Gasteiger partial charge in [-0.1, -0.05) is 25.3 Å². The van der Waals surface area contributed by atoms with Crippen LogP contribution < -0.4 is 0 Å². The fraction of sp³-hybridized carbons (Fsp3) is 0.611. The third-order valence-electron chi connectivity index (χ3n) is 5.41. The average molecular weight is 287 g/mol.